The third kappa shape index (κ3) is 2.69. The van der Waals surface area contributed by atoms with Gasteiger partial charge in [-0.15, -0.1) is 0 Å². The minimum atomic E-state index is -3.06. The Balaban J connectivity index is 2.48. The van der Waals surface area contributed by atoms with Gasteiger partial charge >= 0.3 is 8.56 Å². The van der Waals surface area contributed by atoms with Crippen LogP contribution in [0.5, 0.6) is 0 Å². The lowest BCUT2D eigenvalue weighted by Gasteiger charge is -2.27. The van der Waals surface area contributed by atoms with Crippen LogP contribution in [0.15, 0.2) is 60.7 Å². The van der Waals surface area contributed by atoms with Crippen LogP contribution in [0.3, 0.4) is 0 Å². The fourth-order valence-electron chi connectivity index (χ4n) is 1.97. The first kappa shape index (κ1) is 13.0. The van der Waals surface area contributed by atoms with Gasteiger partial charge in [-0.3, -0.25) is 0 Å². The molecular weight excluding hydrogens is 240 g/mol. The Morgan fingerprint density at radius 3 is 1.56 bits per heavy atom. The molecule has 0 radical (unpaired) electrons. The first-order chi connectivity index (χ1) is 8.63. The summed E-state index contributed by atoms with van der Waals surface area (Å²) < 4.78 is 5.90. The second-order valence-corrected chi connectivity index (χ2v) is 7.22. The predicted octanol–water partition coefficient (Wildman–Crippen LogP) is 1.66. The summed E-state index contributed by atoms with van der Waals surface area (Å²) in [6, 6.07) is 19.3. The van der Waals surface area contributed by atoms with Crippen molar-refractivity contribution in [2.45, 2.75) is 20.0 Å². The van der Waals surface area contributed by atoms with E-state index in [4.69, 9.17) is 4.43 Å². The maximum atomic E-state index is 11.0. The van der Waals surface area contributed by atoms with Crippen LogP contribution in [0.1, 0.15) is 13.8 Å². The molecule has 0 aromatic heterocycles. The Labute approximate surface area is 109 Å². The van der Waals surface area contributed by atoms with E-state index in [2.05, 4.69) is 0 Å². The molecule has 0 saturated heterocycles. The third-order valence-corrected chi connectivity index (χ3v) is 5.78. The van der Waals surface area contributed by atoms with Crippen LogP contribution in [0.4, 0.5) is 0 Å². The van der Waals surface area contributed by atoms with Crippen molar-refractivity contribution in [1.82, 2.24) is 0 Å². The SMILES string of the molecule is CC(C)O[Si](O)(c1ccccc1)c1ccccc1. The van der Waals surface area contributed by atoms with Gasteiger partial charge in [0.25, 0.3) is 0 Å². The van der Waals surface area contributed by atoms with Gasteiger partial charge in [0.2, 0.25) is 0 Å². The van der Waals surface area contributed by atoms with Crippen molar-refractivity contribution in [3.05, 3.63) is 60.7 Å². The normalized spacial score (nSPS) is 11.8. The molecule has 3 heteroatoms. The standard InChI is InChI=1S/C15H18O2Si/c1-13(2)17-18(16,14-9-5-3-6-10-14)15-11-7-4-8-12-15/h3-13,16H,1-2H3. The molecule has 0 bridgehead atoms. The first-order valence-electron chi connectivity index (χ1n) is 6.14. The average molecular weight is 258 g/mol. The Hall–Kier alpha value is -1.42. The highest BCUT2D eigenvalue weighted by Crippen LogP contribution is 2.07. The van der Waals surface area contributed by atoms with Crippen LogP contribution in [0.25, 0.3) is 0 Å². The van der Waals surface area contributed by atoms with Gasteiger partial charge in [-0.2, -0.15) is 0 Å². The monoisotopic (exact) mass is 258 g/mol. The quantitative estimate of drug-likeness (QED) is 0.845. The summed E-state index contributed by atoms with van der Waals surface area (Å²) in [6.45, 7) is 3.90. The van der Waals surface area contributed by atoms with Gasteiger partial charge < -0.3 is 9.22 Å². The van der Waals surface area contributed by atoms with Gasteiger partial charge in [-0.25, -0.2) is 0 Å². The van der Waals surface area contributed by atoms with Gasteiger partial charge in [0, 0.05) is 6.10 Å². The van der Waals surface area contributed by atoms with Crippen molar-refractivity contribution in [3.8, 4) is 0 Å². The highest BCUT2D eigenvalue weighted by atomic mass is 28.4. The van der Waals surface area contributed by atoms with Crippen molar-refractivity contribution in [2.75, 3.05) is 0 Å². The summed E-state index contributed by atoms with van der Waals surface area (Å²) in [5.74, 6) is 0. The van der Waals surface area contributed by atoms with Crippen LogP contribution in [0, 0.1) is 0 Å². The maximum Gasteiger partial charge on any atom is 0.404 e. The van der Waals surface area contributed by atoms with E-state index in [-0.39, 0.29) is 6.10 Å². The van der Waals surface area contributed by atoms with E-state index >= 15 is 0 Å². The zero-order valence-electron chi connectivity index (χ0n) is 10.7. The number of hydrogen-bond donors (Lipinski definition) is 1. The van der Waals surface area contributed by atoms with Crippen LogP contribution >= 0.6 is 0 Å². The topological polar surface area (TPSA) is 29.5 Å². The molecule has 0 fully saturated rings. The Morgan fingerprint density at radius 2 is 1.22 bits per heavy atom. The second-order valence-electron chi connectivity index (χ2n) is 4.54. The molecule has 2 aromatic rings. The maximum absolute atomic E-state index is 11.0. The Morgan fingerprint density at radius 1 is 0.833 bits per heavy atom. The molecule has 0 saturated carbocycles. The molecule has 94 valence electrons. The summed E-state index contributed by atoms with van der Waals surface area (Å²) in [5, 5.41) is 1.76. The van der Waals surface area contributed by atoms with Gasteiger partial charge in [0.05, 0.1) is 0 Å². The van der Waals surface area contributed by atoms with Crippen molar-refractivity contribution in [3.63, 3.8) is 0 Å². The fraction of sp³-hybridized carbons (Fsp3) is 0.200. The van der Waals surface area contributed by atoms with E-state index in [1.54, 1.807) is 0 Å². The van der Waals surface area contributed by atoms with Crippen molar-refractivity contribution < 1.29 is 9.22 Å². The van der Waals surface area contributed by atoms with Gasteiger partial charge in [0.15, 0.2) is 0 Å². The molecule has 0 atom stereocenters. The van der Waals surface area contributed by atoms with Crippen LogP contribution in [-0.2, 0) is 4.43 Å². The van der Waals surface area contributed by atoms with Gasteiger partial charge in [0.1, 0.15) is 0 Å². The zero-order valence-corrected chi connectivity index (χ0v) is 11.7. The Bertz CT molecular complexity index is 443. The molecule has 0 aliphatic heterocycles. The minimum Gasteiger partial charge on any atom is -0.404 e. The fourth-order valence-corrected chi connectivity index (χ4v) is 4.55. The molecule has 0 aliphatic carbocycles. The highest BCUT2D eigenvalue weighted by Gasteiger charge is 2.39. The van der Waals surface area contributed by atoms with Crippen molar-refractivity contribution in [1.29, 1.82) is 0 Å². The smallest absolute Gasteiger partial charge is 0.404 e. The number of rotatable bonds is 4. The molecule has 0 spiro atoms. The lowest BCUT2D eigenvalue weighted by molar-refractivity contribution is 0.194. The van der Waals surface area contributed by atoms with Crippen LogP contribution in [0.2, 0.25) is 0 Å². The molecule has 18 heavy (non-hydrogen) atoms. The van der Waals surface area contributed by atoms with E-state index in [1.165, 1.54) is 0 Å². The van der Waals surface area contributed by atoms with Crippen molar-refractivity contribution >= 4 is 18.9 Å². The van der Waals surface area contributed by atoms with E-state index in [0.29, 0.717) is 0 Å². The predicted molar refractivity (Wildman–Crippen MR) is 76.3 cm³/mol. The van der Waals surface area contributed by atoms with E-state index in [9.17, 15) is 4.80 Å². The van der Waals surface area contributed by atoms with Crippen LogP contribution in [-0.4, -0.2) is 19.5 Å². The Kier molecular flexibility index (Phi) is 3.96. The molecule has 0 heterocycles. The molecule has 2 rings (SSSR count). The van der Waals surface area contributed by atoms with Gasteiger partial charge in [-0.05, 0) is 24.2 Å². The second kappa shape index (κ2) is 5.48. The molecule has 0 aliphatic rings. The van der Waals surface area contributed by atoms with E-state index in [0.717, 1.165) is 10.4 Å². The lowest BCUT2D eigenvalue weighted by Crippen LogP contribution is -2.62. The highest BCUT2D eigenvalue weighted by molar-refractivity contribution is 6.91. The lowest BCUT2D eigenvalue weighted by atomic mass is 10.4. The van der Waals surface area contributed by atoms with E-state index < -0.39 is 8.56 Å². The van der Waals surface area contributed by atoms with Crippen LogP contribution < -0.4 is 10.4 Å². The number of hydrogen-bond acceptors (Lipinski definition) is 2. The summed E-state index contributed by atoms with van der Waals surface area (Å²) in [7, 11) is -3.06. The minimum absolute atomic E-state index is 0.0120. The van der Waals surface area contributed by atoms with Gasteiger partial charge in [-0.1, -0.05) is 60.7 Å². The largest absolute Gasteiger partial charge is 0.404 e. The molecular formula is C15H18O2Si. The molecule has 1 N–H and O–H groups in total. The zero-order chi connectivity index (χ0) is 13.0. The molecule has 2 aromatic carbocycles. The summed E-state index contributed by atoms with van der Waals surface area (Å²) in [4.78, 5) is 11.0. The molecule has 0 amide bonds. The first-order valence-corrected chi connectivity index (χ1v) is 7.99. The third-order valence-electron chi connectivity index (χ3n) is 2.74. The molecule has 0 unspecified atom stereocenters. The number of benzene rings is 2. The summed E-state index contributed by atoms with van der Waals surface area (Å²) in [6.07, 6.45) is -0.0120. The summed E-state index contributed by atoms with van der Waals surface area (Å²) >= 11 is 0. The summed E-state index contributed by atoms with van der Waals surface area (Å²) in [5.41, 5.74) is 0. The van der Waals surface area contributed by atoms with E-state index in [1.807, 2.05) is 74.5 Å². The molecule has 2 nitrogen and oxygen atoms in total. The average Bonchev–Trinajstić information content (AvgIpc) is 2.40. The van der Waals surface area contributed by atoms with Crippen molar-refractivity contribution in [2.24, 2.45) is 0 Å².